The summed E-state index contributed by atoms with van der Waals surface area (Å²) in [6.45, 7) is 7.48. The Labute approximate surface area is 127 Å². The van der Waals surface area contributed by atoms with E-state index in [0.29, 0.717) is 6.04 Å². The largest absolute Gasteiger partial charge is 0.310 e. The van der Waals surface area contributed by atoms with Crippen LogP contribution in [0.5, 0.6) is 0 Å². The summed E-state index contributed by atoms with van der Waals surface area (Å²) in [4.78, 5) is 0. The topological polar surface area (TPSA) is 12.0 Å². The highest BCUT2D eigenvalue weighted by Crippen LogP contribution is 2.26. The van der Waals surface area contributed by atoms with E-state index in [9.17, 15) is 0 Å². The SMILES string of the molecule is CCNC(Cc1cccc(Cl)c1)c1c(C)cccc1C. The van der Waals surface area contributed by atoms with E-state index < -0.39 is 0 Å². The van der Waals surface area contributed by atoms with E-state index in [-0.39, 0.29) is 0 Å². The highest BCUT2D eigenvalue weighted by Gasteiger charge is 2.15. The van der Waals surface area contributed by atoms with Crippen LogP contribution < -0.4 is 5.32 Å². The first-order valence-corrected chi connectivity index (χ1v) is 7.53. The minimum atomic E-state index is 0.333. The van der Waals surface area contributed by atoms with E-state index in [1.54, 1.807) is 0 Å². The van der Waals surface area contributed by atoms with E-state index in [4.69, 9.17) is 11.6 Å². The van der Waals surface area contributed by atoms with Gasteiger partial charge in [-0.05, 0) is 61.2 Å². The third kappa shape index (κ3) is 3.62. The minimum Gasteiger partial charge on any atom is -0.310 e. The van der Waals surface area contributed by atoms with Crippen LogP contribution in [0.4, 0.5) is 0 Å². The van der Waals surface area contributed by atoms with Crippen LogP contribution in [0.2, 0.25) is 5.02 Å². The quantitative estimate of drug-likeness (QED) is 0.829. The fraction of sp³-hybridized carbons (Fsp3) is 0.333. The van der Waals surface area contributed by atoms with Gasteiger partial charge in [0.25, 0.3) is 0 Å². The molecule has 0 aliphatic heterocycles. The lowest BCUT2D eigenvalue weighted by atomic mass is 9.92. The Hall–Kier alpha value is -1.31. The summed E-state index contributed by atoms with van der Waals surface area (Å²) >= 11 is 6.09. The predicted octanol–water partition coefficient (Wildman–Crippen LogP) is 4.85. The van der Waals surface area contributed by atoms with Gasteiger partial charge in [0, 0.05) is 11.1 Å². The van der Waals surface area contributed by atoms with E-state index in [2.05, 4.69) is 56.4 Å². The van der Waals surface area contributed by atoms with Gasteiger partial charge in [0.2, 0.25) is 0 Å². The lowest BCUT2D eigenvalue weighted by molar-refractivity contribution is 0.545. The summed E-state index contributed by atoms with van der Waals surface area (Å²) in [5.74, 6) is 0. The minimum absolute atomic E-state index is 0.333. The molecule has 2 aromatic rings. The molecule has 0 aromatic heterocycles. The molecule has 20 heavy (non-hydrogen) atoms. The molecule has 0 fully saturated rings. The van der Waals surface area contributed by atoms with Crippen molar-refractivity contribution in [3.63, 3.8) is 0 Å². The first kappa shape index (κ1) is 15.1. The number of rotatable bonds is 5. The van der Waals surface area contributed by atoms with Crippen LogP contribution in [0, 0.1) is 13.8 Å². The van der Waals surface area contributed by atoms with Gasteiger partial charge >= 0.3 is 0 Å². The molecular weight excluding hydrogens is 266 g/mol. The second-order valence-electron chi connectivity index (χ2n) is 5.25. The average Bonchev–Trinajstić information content (AvgIpc) is 2.38. The number of aryl methyl sites for hydroxylation is 2. The van der Waals surface area contributed by atoms with Gasteiger partial charge in [0.1, 0.15) is 0 Å². The third-order valence-electron chi connectivity index (χ3n) is 3.67. The van der Waals surface area contributed by atoms with Crippen molar-refractivity contribution in [2.24, 2.45) is 0 Å². The molecule has 0 heterocycles. The maximum atomic E-state index is 6.09. The third-order valence-corrected chi connectivity index (χ3v) is 3.91. The standard InChI is InChI=1S/C18H22ClN/c1-4-20-17(12-15-9-6-10-16(19)11-15)18-13(2)7-5-8-14(18)3/h5-11,17,20H,4,12H2,1-3H3. The predicted molar refractivity (Wildman–Crippen MR) is 87.5 cm³/mol. The molecule has 0 bridgehead atoms. The molecule has 0 radical (unpaired) electrons. The summed E-state index contributed by atoms with van der Waals surface area (Å²) < 4.78 is 0. The van der Waals surface area contributed by atoms with E-state index >= 15 is 0 Å². The van der Waals surface area contributed by atoms with Gasteiger partial charge < -0.3 is 5.32 Å². The number of likely N-dealkylation sites (N-methyl/N-ethyl adjacent to an activating group) is 1. The number of halogens is 1. The fourth-order valence-electron chi connectivity index (χ4n) is 2.80. The summed E-state index contributed by atoms with van der Waals surface area (Å²) in [7, 11) is 0. The van der Waals surface area contributed by atoms with Gasteiger partial charge in [-0.25, -0.2) is 0 Å². The van der Waals surface area contributed by atoms with Crippen LogP contribution in [0.1, 0.15) is 35.2 Å². The maximum Gasteiger partial charge on any atom is 0.0408 e. The van der Waals surface area contributed by atoms with Crippen molar-refractivity contribution in [3.8, 4) is 0 Å². The monoisotopic (exact) mass is 287 g/mol. The van der Waals surface area contributed by atoms with Gasteiger partial charge in [-0.2, -0.15) is 0 Å². The first-order chi connectivity index (χ1) is 9.61. The second-order valence-corrected chi connectivity index (χ2v) is 5.69. The molecule has 1 unspecified atom stereocenters. The van der Waals surface area contributed by atoms with Gasteiger partial charge in [0.05, 0.1) is 0 Å². The maximum absolute atomic E-state index is 6.09. The molecule has 106 valence electrons. The molecule has 1 nitrogen and oxygen atoms in total. The normalized spacial score (nSPS) is 12.4. The number of hydrogen-bond acceptors (Lipinski definition) is 1. The van der Waals surface area contributed by atoms with Gasteiger partial charge in [-0.1, -0.05) is 48.9 Å². The molecule has 0 aliphatic carbocycles. The van der Waals surface area contributed by atoms with Crippen LogP contribution >= 0.6 is 11.6 Å². The van der Waals surface area contributed by atoms with Crippen molar-refractivity contribution in [2.45, 2.75) is 33.2 Å². The lowest BCUT2D eigenvalue weighted by Crippen LogP contribution is -2.24. The molecule has 2 aromatic carbocycles. The Kier molecular flexibility index (Phi) is 5.22. The molecule has 2 heteroatoms. The molecular formula is C18H22ClN. The van der Waals surface area contributed by atoms with Gasteiger partial charge in [-0.15, -0.1) is 0 Å². The van der Waals surface area contributed by atoms with E-state index in [1.807, 2.05) is 12.1 Å². The number of benzene rings is 2. The van der Waals surface area contributed by atoms with Crippen molar-refractivity contribution >= 4 is 11.6 Å². The van der Waals surface area contributed by atoms with Crippen LogP contribution in [0.25, 0.3) is 0 Å². The van der Waals surface area contributed by atoms with Crippen LogP contribution in [-0.2, 0) is 6.42 Å². The van der Waals surface area contributed by atoms with Crippen molar-refractivity contribution in [1.82, 2.24) is 5.32 Å². The molecule has 0 aliphatic rings. The first-order valence-electron chi connectivity index (χ1n) is 7.15. The van der Waals surface area contributed by atoms with Crippen LogP contribution in [-0.4, -0.2) is 6.54 Å². The summed E-state index contributed by atoms with van der Waals surface area (Å²) in [5.41, 5.74) is 5.37. The van der Waals surface area contributed by atoms with Gasteiger partial charge in [0.15, 0.2) is 0 Å². The fourth-order valence-corrected chi connectivity index (χ4v) is 3.01. The Morgan fingerprint density at radius 1 is 1.05 bits per heavy atom. The molecule has 2 rings (SSSR count). The van der Waals surface area contributed by atoms with E-state index in [0.717, 1.165) is 18.0 Å². The summed E-state index contributed by atoms with van der Waals surface area (Å²) in [6, 6.07) is 15.0. The lowest BCUT2D eigenvalue weighted by Gasteiger charge is -2.23. The van der Waals surface area contributed by atoms with Crippen molar-refractivity contribution in [2.75, 3.05) is 6.54 Å². The van der Waals surface area contributed by atoms with Crippen LogP contribution in [0.3, 0.4) is 0 Å². The molecule has 1 atom stereocenters. The molecule has 0 saturated heterocycles. The number of hydrogen-bond donors (Lipinski definition) is 1. The Morgan fingerprint density at radius 3 is 2.30 bits per heavy atom. The Balaban J connectivity index is 2.32. The molecule has 0 saturated carbocycles. The van der Waals surface area contributed by atoms with Gasteiger partial charge in [-0.3, -0.25) is 0 Å². The summed E-state index contributed by atoms with van der Waals surface area (Å²) in [5, 5.41) is 4.41. The molecule has 0 amide bonds. The van der Waals surface area contributed by atoms with Crippen LogP contribution in [0.15, 0.2) is 42.5 Å². The zero-order chi connectivity index (χ0) is 14.5. The highest BCUT2D eigenvalue weighted by atomic mass is 35.5. The van der Waals surface area contributed by atoms with Crippen molar-refractivity contribution in [3.05, 3.63) is 69.7 Å². The van der Waals surface area contributed by atoms with Crippen molar-refractivity contribution < 1.29 is 0 Å². The second kappa shape index (κ2) is 6.92. The Morgan fingerprint density at radius 2 is 1.70 bits per heavy atom. The summed E-state index contributed by atoms with van der Waals surface area (Å²) in [6.07, 6.45) is 0.958. The Bertz CT molecular complexity index is 557. The molecule has 0 spiro atoms. The van der Waals surface area contributed by atoms with E-state index in [1.165, 1.54) is 22.3 Å². The zero-order valence-electron chi connectivity index (χ0n) is 12.4. The smallest absolute Gasteiger partial charge is 0.0408 e. The van der Waals surface area contributed by atoms with Crippen molar-refractivity contribution in [1.29, 1.82) is 0 Å². The number of nitrogens with one attached hydrogen (secondary N) is 1. The average molecular weight is 288 g/mol. The zero-order valence-corrected chi connectivity index (χ0v) is 13.2. The highest BCUT2D eigenvalue weighted by molar-refractivity contribution is 6.30. The molecule has 1 N–H and O–H groups in total.